The van der Waals surface area contributed by atoms with Crippen LogP contribution in [-0.4, -0.2) is 4.57 Å². The van der Waals surface area contributed by atoms with E-state index in [2.05, 4.69) is 124 Å². The van der Waals surface area contributed by atoms with Crippen molar-refractivity contribution >= 4 is 81.7 Å². The third-order valence-electron chi connectivity index (χ3n) is 6.65. The van der Waals surface area contributed by atoms with Crippen LogP contribution in [0.25, 0.3) is 59.8 Å². The molecule has 0 aliphatic heterocycles. The van der Waals surface area contributed by atoms with Crippen LogP contribution in [0.5, 0.6) is 0 Å². The van der Waals surface area contributed by atoms with Gasteiger partial charge in [-0.3, -0.25) is 0 Å². The minimum absolute atomic E-state index is 0.771. The van der Waals surface area contributed by atoms with Gasteiger partial charge in [-0.15, -0.1) is 0 Å². The molecule has 0 fully saturated rings. The van der Waals surface area contributed by atoms with Crippen LogP contribution in [-0.2, 0) is 0 Å². The van der Waals surface area contributed by atoms with E-state index in [9.17, 15) is 0 Å². The zero-order valence-corrected chi connectivity index (χ0v) is 19.9. The van der Waals surface area contributed by atoms with Crippen LogP contribution in [0.2, 0.25) is 5.02 Å². The minimum atomic E-state index is 0.771. The predicted molar refractivity (Wildman–Crippen MR) is 146 cm³/mol. The number of fused-ring (bicyclic) bond motifs is 7. The molecule has 0 aliphatic carbocycles. The van der Waals surface area contributed by atoms with Crippen molar-refractivity contribution in [2.24, 2.45) is 0 Å². The topological polar surface area (TPSA) is 4.93 Å². The van der Waals surface area contributed by atoms with Gasteiger partial charge in [0, 0.05) is 20.6 Å². The zero-order chi connectivity index (χ0) is 22.1. The first-order valence-corrected chi connectivity index (χ1v) is 12.1. The van der Waals surface area contributed by atoms with E-state index in [0.717, 1.165) is 26.0 Å². The lowest BCUT2D eigenvalue weighted by atomic mass is 10.0. The summed E-state index contributed by atoms with van der Waals surface area (Å²) in [6, 6.07) is 36.7. The molecule has 7 rings (SSSR count). The highest BCUT2D eigenvalue weighted by molar-refractivity contribution is 9.10. The van der Waals surface area contributed by atoms with Crippen molar-refractivity contribution in [2.45, 2.75) is 0 Å². The normalized spacial score (nSPS) is 11.9. The molecule has 0 amide bonds. The molecule has 0 spiro atoms. The first-order valence-electron chi connectivity index (χ1n) is 10.9. The molecule has 0 saturated heterocycles. The standard InChI is InChI=1S/C30H17BrClN/c31-21-12-13-27-25(17-21)24-14-18-6-1-2-7-19(18)16-29(24)33(27)28-11-5-10-23-22-9-4-3-8-20(22)15-26(32)30(23)28/h1-17H. The molecule has 156 valence electrons. The van der Waals surface area contributed by atoms with Crippen LogP contribution in [0, 0.1) is 0 Å². The molecule has 1 aromatic heterocycles. The minimum Gasteiger partial charge on any atom is -0.309 e. The number of benzene rings is 6. The average Bonchev–Trinajstić information content (AvgIpc) is 3.14. The van der Waals surface area contributed by atoms with Gasteiger partial charge in [-0.1, -0.05) is 88.2 Å². The second-order valence-electron chi connectivity index (χ2n) is 8.49. The van der Waals surface area contributed by atoms with Crippen molar-refractivity contribution in [3.63, 3.8) is 0 Å². The third kappa shape index (κ3) is 2.78. The van der Waals surface area contributed by atoms with E-state index < -0.39 is 0 Å². The van der Waals surface area contributed by atoms with Crippen LogP contribution in [0.3, 0.4) is 0 Å². The van der Waals surface area contributed by atoms with Crippen LogP contribution >= 0.6 is 27.5 Å². The lowest BCUT2D eigenvalue weighted by Crippen LogP contribution is -1.96. The van der Waals surface area contributed by atoms with Gasteiger partial charge in [-0.2, -0.15) is 0 Å². The van der Waals surface area contributed by atoms with Gasteiger partial charge in [0.15, 0.2) is 0 Å². The fourth-order valence-corrected chi connectivity index (χ4v) is 5.89. The highest BCUT2D eigenvalue weighted by Crippen LogP contribution is 2.41. The molecular weight excluding hydrogens is 490 g/mol. The van der Waals surface area contributed by atoms with E-state index in [0.29, 0.717) is 0 Å². The number of aromatic nitrogens is 1. The first kappa shape index (κ1) is 19.2. The third-order valence-corrected chi connectivity index (χ3v) is 7.44. The van der Waals surface area contributed by atoms with Crippen LogP contribution in [0.15, 0.2) is 108 Å². The maximum Gasteiger partial charge on any atom is 0.0555 e. The molecular formula is C30H17BrClN. The van der Waals surface area contributed by atoms with Crippen molar-refractivity contribution < 1.29 is 0 Å². The number of halogens is 2. The second kappa shape index (κ2) is 7.08. The van der Waals surface area contributed by atoms with Crippen LogP contribution in [0.1, 0.15) is 0 Å². The van der Waals surface area contributed by atoms with Crippen molar-refractivity contribution in [1.82, 2.24) is 4.57 Å². The average molecular weight is 507 g/mol. The summed E-state index contributed by atoms with van der Waals surface area (Å²) in [4.78, 5) is 0. The highest BCUT2D eigenvalue weighted by atomic mass is 79.9. The summed E-state index contributed by atoms with van der Waals surface area (Å²) in [5.74, 6) is 0. The monoisotopic (exact) mass is 505 g/mol. The molecule has 6 aromatic carbocycles. The lowest BCUT2D eigenvalue weighted by molar-refractivity contribution is 1.20. The van der Waals surface area contributed by atoms with Gasteiger partial charge in [0.1, 0.15) is 0 Å². The molecule has 0 atom stereocenters. The molecule has 0 radical (unpaired) electrons. The van der Waals surface area contributed by atoms with Gasteiger partial charge < -0.3 is 4.57 Å². The van der Waals surface area contributed by atoms with Gasteiger partial charge in [0.25, 0.3) is 0 Å². The number of nitrogens with zero attached hydrogens (tertiary/aromatic N) is 1. The van der Waals surface area contributed by atoms with Gasteiger partial charge in [0.2, 0.25) is 0 Å². The van der Waals surface area contributed by atoms with Crippen LogP contribution < -0.4 is 0 Å². The summed E-state index contributed by atoms with van der Waals surface area (Å²) in [6.07, 6.45) is 0. The lowest BCUT2D eigenvalue weighted by Gasteiger charge is -2.15. The summed E-state index contributed by atoms with van der Waals surface area (Å²) in [7, 11) is 0. The molecule has 0 aliphatic rings. The van der Waals surface area contributed by atoms with Crippen molar-refractivity contribution in [3.8, 4) is 5.69 Å². The Bertz CT molecular complexity index is 1900. The number of hydrogen-bond acceptors (Lipinski definition) is 0. The van der Waals surface area contributed by atoms with Gasteiger partial charge in [-0.05, 0) is 69.4 Å². The Balaban J connectivity index is 1.71. The van der Waals surface area contributed by atoms with E-state index in [1.807, 2.05) is 0 Å². The maximum atomic E-state index is 6.96. The Hall–Kier alpha value is -3.33. The van der Waals surface area contributed by atoms with E-state index in [1.165, 1.54) is 43.4 Å². The summed E-state index contributed by atoms with van der Waals surface area (Å²) in [5.41, 5.74) is 3.44. The molecule has 3 heteroatoms. The fourth-order valence-electron chi connectivity index (χ4n) is 5.22. The molecule has 33 heavy (non-hydrogen) atoms. The summed E-state index contributed by atoms with van der Waals surface area (Å²) >= 11 is 10.6. The predicted octanol–water partition coefficient (Wildman–Crippen LogP) is 9.66. The van der Waals surface area contributed by atoms with Crippen molar-refractivity contribution in [1.29, 1.82) is 0 Å². The molecule has 0 bridgehead atoms. The van der Waals surface area contributed by atoms with Crippen molar-refractivity contribution in [2.75, 3.05) is 0 Å². The smallest absolute Gasteiger partial charge is 0.0555 e. The molecule has 1 heterocycles. The van der Waals surface area contributed by atoms with Gasteiger partial charge in [0.05, 0.1) is 21.7 Å². The van der Waals surface area contributed by atoms with Crippen LogP contribution in [0.4, 0.5) is 0 Å². The Labute approximate surface area is 203 Å². The fraction of sp³-hybridized carbons (Fsp3) is 0. The quantitative estimate of drug-likeness (QED) is 0.195. The molecule has 0 N–H and O–H groups in total. The van der Waals surface area contributed by atoms with Crippen molar-refractivity contribution in [3.05, 3.63) is 113 Å². The second-order valence-corrected chi connectivity index (χ2v) is 9.82. The van der Waals surface area contributed by atoms with Gasteiger partial charge in [-0.25, -0.2) is 0 Å². The molecule has 0 unspecified atom stereocenters. The van der Waals surface area contributed by atoms with E-state index in [-0.39, 0.29) is 0 Å². The van der Waals surface area contributed by atoms with E-state index in [4.69, 9.17) is 11.6 Å². The Morgan fingerprint density at radius 3 is 2.09 bits per heavy atom. The van der Waals surface area contributed by atoms with E-state index >= 15 is 0 Å². The summed E-state index contributed by atoms with van der Waals surface area (Å²) in [6.45, 7) is 0. The van der Waals surface area contributed by atoms with E-state index in [1.54, 1.807) is 0 Å². The SMILES string of the molecule is Clc1cc2ccccc2c2cccc(-n3c4ccc(Br)cc4c4cc5ccccc5cc43)c12. The molecule has 0 saturated carbocycles. The number of hydrogen-bond donors (Lipinski definition) is 0. The Morgan fingerprint density at radius 2 is 1.24 bits per heavy atom. The molecule has 7 aromatic rings. The zero-order valence-electron chi connectivity index (χ0n) is 17.5. The largest absolute Gasteiger partial charge is 0.309 e. The highest BCUT2D eigenvalue weighted by Gasteiger charge is 2.17. The molecule has 1 nitrogen and oxygen atoms in total. The Kier molecular flexibility index (Phi) is 4.11. The summed E-state index contributed by atoms with van der Waals surface area (Å²) in [5, 5.41) is 10.3. The first-order chi connectivity index (χ1) is 16.2. The van der Waals surface area contributed by atoms with Gasteiger partial charge >= 0.3 is 0 Å². The maximum absolute atomic E-state index is 6.96. The summed E-state index contributed by atoms with van der Waals surface area (Å²) < 4.78 is 3.44. The Morgan fingerprint density at radius 1 is 0.545 bits per heavy atom. The number of rotatable bonds is 1.